The van der Waals surface area contributed by atoms with Crippen LogP contribution in [0.5, 0.6) is 0 Å². The van der Waals surface area contributed by atoms with Crippen LogP contribution in [-0.2, 0) is 4.74 Å². The molecule has 0 aromatic heterocycles. The summed E-state index contributed by atoms with van der Waals surface area (Å²) in [6.07, 6.45) is 25.5. The molecule has 0 amide bonds. The molecule has 2 unspecified atom stereocenters. The Bertz CT molecular complexity index is 397. The van der Waals surface area contributed by atoms with Crippen molar-refractivity contribution in [2.24, 2.45) is 0 Å². The van der Waals surface area contributed by atoms with Crippen LogP contribution in [0.4, 0.5) is 0 Å². The van der Waals surface area contributed by atoms with E-state index in [1.165, 1.54) is 108 Å². The highest BCUT2D eigenvalue weighted by Crippen LogP contribution is 2.30. The highest BCUT2D eigenvalue weighted by atomic mass is 79.9. The standard InChI is InChI=1S/C24H45NOS2.BrH/c1-2-3-4-5-6-7-8-9-10-11-12-13-14-15-16-17-24-26-23(21-28-24)20-25-18-19-27-22-25;/h18-19,23-24H,2-17,20-22H2,1H3;1H. The lowest BCUT2D eigenvalue weighted by molar-refractivity contribution is 0.0475. The molecule has 5 heteroatoms. The molecule has 29 heavy (non-hydrogen) atoms. The highest BCUT2D eigenvalue weighted by Gasteiger charge is 2.26. The van der Waals surface area contributed by atoms with Gasteiger partial charge in [-0.25, -0.2) is 0 Å². The average Bonchev–Trinajstić information content (AvgIpc) is 3.37. The predicted octanol–water partition coefficient (Wildman–Crippen LogP) is 8.76. The fraction of sp³-hybridized carbons (Fsp3) is 0.917. The molecule has 2 nitrogen and oxygen atoms in total. The molecule has 0 radical (unpaired) electrons. The van der Waals surface area contributed by atoms with Crippen LogP contribution in [0, 0.1) is 0 Å². The van der Waals surface area contributed by atoms with Gasteiger partial charge in [-0.1, -0.05) is 96.8 Å². The van der Waals surface area contributed by atoms with Crippen molar-refractivity contribution < 1.29 is 4.74 Å². The van der Waals surface area contributed by atoms with E-state index in [2.05, 4.69) is 23.4 Å². The van der Waals surface area contributed by atoms with Gasteiger partial charge in [-0.05, 0) is 18.2 Å². The minimum atomic E-state index is 0. The van der Waals surface area contributed by atoms with E-state index in [0.717, 1.165) is 12.4 Å². The van der Waals surface area contributed by atoms with Gasteiger partial charge >= 0.3 is 0 Å². The maximum Gasteiger partial charge on any atom is 0.103 e. The van der Waals surface area contributed by atoms with Gasteiger partial charge < -0.3 is 9.64 Å². The Balaban J connectivity index is 0.00000420. The van der Waals surface area contributed by atoms with Gasteiger partial charge in [0.15, 0.2) is 0 Å². The lowest BCUT2D eigenvalue weighted by Gasteiger charge is -2.19. The smallest absolute Gasteiger partial charge is 0.103 e. The second kappa shape index (κ2) is 19.4. The van der Waals surface area contributed by atoms with E-state index in [-0.39, 0.29) is 17.0 Å². The Morgan fingerprint density at radius 1 is 0.828 bits per heavy atom. The minimum Gasteiger partial charge on any atom is -0.365 e. The maximum atomic E-state index is 6.22. The van der Waals surface area contributed by atoms with Crippen molar-refractivity contribution in [3.8, 4) is 0 Å². The topological polar surface area (TPSA) is 12.5 Å². The van der Waals surface area contributed by atoms with E-state index < -0.39 is 0 Å². The monoisotopic (exact) mass is 507 g/mol. The number of rotatable bonds is 18. The predicted molar refractivity (Wildman–Crippen MR) is 139 cm³/mol. The van der Waals surface area contributed by atoms with E-state index in [0.29, 0.717) is 11.5 Å². The number of ether oxygens (including phenoxy) is 1. The summed E-state index contributed by atoms with van der Waals surface area (Å²) in [5.74, 6) is 2.28. The third-order valence-electron chi connectivity index (χ3n) is 5.90. The van der Waals surface area contributed by atoms with Crippen molar-refractivity contribution in [3.63, 3.8) is 0 Å². The third-order valence-corrected chi connectivity index (χ3v) is 7.98. The minimum absolute atomic E-state index is 0. The molecule has 1 fully saturated rings. The highest BCUT2D eigenvalue weighted by molar-refractivity contribution is 8.93. The van der Waals surface area contributed by atoms with Crippen molar-refractivity contribution >= 4 is 40.5 Å². The summed E-state index contributed by atoms with van der Waals surface area (Å²) in [6, 6.07) is 0. The van der Waals surface area contributed by atoms with Gasteiger partial charge in [0.2, 0.25) is 0 Å². The average molecular weight is 509 g/mol. The summed E-state index contributed by atoms with van der Waals surface area (Å²) in [4.78, 5) is 2.38. The van der Waals surface area contributed by atoms with Crippen LogP contribution in [0.2, 0.25) is 0 Å². The molecular weight excluding hydrogens is 462 g/mol. The van der Waals surface area contributed by atoms with Crippen LogP contribution in [0.1, 0.15) is 110 Å². The van der Waals surface area contributed by atoms with Crippen LogP contribution >= 0.6 is 40.5 Å². The van der Waals surface area contributed by atoms with Crippen molar-refractivity contribution in [1.82, 2.24) is 4.90 Å². The first-order valence-corrected chi connectivity index (χ1v) is 14.3. The molecule has 2 atom stereocenters. The molecular formula is C24H46BrNOS2. The summed E-state index contributed by atoms with van der Waals surface area (Å²) in [6.45, 7) is 3.37. The molecule has 0 N–H and O–H groups in total. The molecule has 2 aliphatic heterocycles. The number of hydrogen-bond acceptors (Lipinski definition) is 4. The van der Waals surface area contributed by atoms with Gasteiger partial charge in [0.05, 0.1) is 12.0 Å². The van der Waals surface area contributed by atoms with Crippen LogP contribution < -0.4 is 0 Å². The normalized spacial score (nSPS) is 21.1. The zero-order valence-corrected chi connectivity index (χ0v) is 22.2. The van der Waals surface area contributed by atoms with E-state index in [9.17, 15) is 0 Å². The molecule has 2 rings (SSSR count). The second-order valence-electron chi connectivity index (χ2n) is 8.61. The number of unbranched alkanes of at least 4 members (excludes halogenated alkanes) is 14. The summed E-state index contributed by atoms with van der Waals surface area (Å²) in [5.41, 5.74) is 0.464. The molecule has 2 heterocycles. The van der Waals surface area contributed by atoms with Gasteiger partial charge in [0.1, 0.15) is 5.44 Å². The zero-order valence-electron chi connectivity index (χ0n) is 18.8. The van der Waals surface area contributed by atoms with E-state index in [1.807, 2.05) is 23.5 Å². The summed E-state index contributed by atoms with van der Waals surface area (Å²) in [7, 11) is 0. The zero-order chi connectivity index (χ0) is 19.7. The van der Waals surface area contributed by atoms with Crippen molar-refractivity contribution in [2.75, 3.05) is 18.2 Å². The first kappa shape index (κ1) is 27.7. The van der Waals surface area contributed by atoms with Crippen molar-refractivity contribution in [3.05, 3.63) is 11.6 Å². The molecule has 1 saturated heterocycles. The van der Waals surface area contributed by atoms with Crippen molar-refractivity contribution in [1.29, 1.82) is 0 Å². The van der Waals surface area contributed by atoms with Crippen LogP contribution in [0.15, 0.2) is 11.6 Å². The molecule has 0 spiro atoms. The van der Waals surface area contributed by atoms with Crippen molar-refractivity contribution in [2.45, 2.75) is 121 Å². The summed E-state index contributed by atoms with van der Waals surface area (Å²) in [5, 5.41) is 2.19. The van der Waals surface area contributed by atoms with Crippen LogP contribution in [0.3, 0.4) is 0 Å². The first-order chi connectivity index (χ1) is 13.9. The van der Waals surface area contributed by atoms with Crippen LogP contribution in [0.25, 0.3) is 0 Å². The quantitative estimate of drug-likeness (QED) is 0.172. The SMILES string of the molecule is Br.CCCCCCCCCCCCCCCCCC1OC(CN2C=CSC2)CS1. The summed E-state index contributed by atoms with van der Waals surface area (Å²) >= 11 is 3.92. The third kappa shape index (κ3) is 14.4. The van der Waals surface area contributed by atoms with Gasteiger partial charge in [-0.3, -0.25) is 0 Å². The van der Waals surface area contributed by atoms with Gasteiger partial charge in [-0.15, -0.1) is 40.5 Å². The number of halogens is 1. The molecule has 0 bridgehead atoms. The first-order valence-electron chi connectivity index (χ1n) is 12.2. The molecule has 0 aromatic carbocycles. The van der Waals surface area contributed by atoms with Crippen LogP contribution in [-0.4, -0.2) is 34.6 Å². The largest absolute Gasteiger partial charge is 0.365 e. The molecule has 0 saturated carbocycles. The molecule has 0 aliphatic carbocycles. The Hall–Kier alpha value is 0.680. The second-order valence-corrected chi connectivity index (χ2v) is 10.7. The number of hydrogen-bond donors (Lipinski definition) is 0. The molecule has 172 valence electrons. The number of thioether (sulfide) groups is 2. The van der Waals surface area contributed by atoms with Gasteiger partial charge in [0.25, 0.3) is 0 Å². The fourth-order valence-corrected chi connectivity index (χ4v) is 6.03. The number of nitrogens with zero attached hydrogens (tertiary/aromatic N) is 1. The lowest BCUT2D eigenvalue weighted by Crippen LogP contribution is -2.28. The molecule has 0 aromatic rings. The fourth-order valence-electron chi connectivity index (χ4n) is 4.12. The Morgan fingerprint density at radius 3 is 1.90 bits per heavy atom. The maximum absolute atomic E-state index is 6.22. The molecule has 2 aliphatic rings. The van der Waals surface area contributed by atoms with E-state index in [1.54, 1.807) is 0 Å². The lowest BCUT2D eigenvalue weighted by atomic mass is 10.0. The Morgan fingerprint density at radius 2 is 1.38 bits per heavy atom. The van der Waals surface area contributed by atoms with Gasteiger partial charge in [0, 0.05) is 18.5 Å². The Labute approximate surface area is 200 Å². The Kier molecular flexibility index (Phi) is 18.5. The van der Waals surface area contributed by atoms with E-state index >= 15 is 0 Å². The van der Waals surface area contributed by atoms with E-state index in [4.69, 9.17) is 4.74 Å². The van der Waals surface area contributed by atoms with Gasteiger partial charge in [-0.2, -0.15) is 0 Å². The summed E-state index contributed by atoms with van der Waals surface area (Å²) < 4.78 is 6.22.